The predicted molar refractivity (Wildman–Crippen MR) is 292 cm³/mol. The lowest BCUT2D eigenvalue weighted by Gasteiger charge is -2.34. The van der Waals surface area contributed by atoms with Crippen molar-refractivity contribution in [1.82, 2.24) is 0 Å². The summed E-state index contributed by atoms with van der Waals surface area (Å²) in [6, 6.07) is 80.7. The molecule has 0 bridgehead atoms. The number of hydrogen-bond acceptors (Lipinski definition) is 1. The van der Waals surface area contributed by atoms with Crippen molar-refractivity contribution in [2.45, 2.75) is 60.3 Å². The number of fused-ring (bicyclic) bond motifs is 8. The maximum Gasteiger partial charge on any atom is 0.135 e. The minimum atomic E-state index is -0.325. The van der Waals surface area contributed by atoms with Gasteiger partial charge in [0.15, 0.2) is 0 Å². The molecule has 0 radical (unpaired) electrons. The molecule has 11 aromatic rings. The quantitative estimate of drug-likeness (QED) is 0.172. The molecule has 1 heterocycles. The van der Waals surface area contributed by atoms with Crippen LogP contribution in [0.5, 0.6) is 0 Å². The molecule has 12 rings (SSSR count). The first-order valence-corrected chi connectivity index (χ1v) is 24.0. The molecular weight excluding hydrogens is 840 g/mol. The third kappa shape index (κ3) is 10.5. The van der Waals surface area contributed by atoms with E-state index < -0.39 is 0 Å². The Morgan fingerprint density at radius 3 is 1.43 bits per heavy atom. The first-order valence-electron chi connectivity index (χ1n) is 24.0. The molecule has 1 aliphatic rings. The van der Waals surface area contributed by atoms with Crippen LogP contribution in [0.4, 0.5) is 4.39 Å². The van der Waals surface area contributed by atoms with E-state index in [1.54, 1.807) is 13.0 Å². The van der Waals surface area contributed by atoms with Crippen LogP contribution in [0.1, 0.15) is 68.1 Å². The molecule has 69 heavy (non-hydrogen) atoms. The molecule has 0 amide bonds. The average Bonchev–Trinajstić information content (AvgIpc) is 3.90. The van der Waals surface area contributed by atoms with Gasteiger partial charge in [-0.1, -0.05) is 230 Å². The van der Waals surface area contributed by atoms with Gasteiger partial charge in [-0.3, -0.25) is 0 Å². The van der Waals surface area contributed by atoms with Crippen LogP contribution in [0, 0.1) is 47.4 Å². The number of hydrogen-bond donors (Lipinski definition) is 0. The molecule has 342 valence electrons. The van der Waals surface area contributed by atoms with Crippen molar-refractivity contribution in [2.24, 2.45) is 0 Å². The number of halogens is 1. The van der Waals surface area contributed by atoms with E-state index in [0.29, 0.717) is 5.56 Å². The molecule has 2 heteroatoms. The van der Waals surface area contributed by atoms with Gasteiger partial charge >= 0.3 is 0 Å². The highest BCUT2D eigenvalue weighted by molar-refractivity contribution is 6.06. The van der Waals surface area contributed by atoms with Crippen molar-refractivity contribution >= 4 is 32.7 Å². The van der Waals surface area contributed by atoms with E-state index in [-0.39, 0.29) is 11.2 Å². The molecule has 0 aliphatic heterocycles. The minimum absolute atomic E-state index is 0.116. The summed E-state index contributed by atoms with van der Waals surface area (Å²) >= 11 is 0. The maximum atomic E-state index is 12.6. The Bertz CT molecular complexity index is 3380. The Balaban J connectivity index is 0.000000138. The molecule has 0 atom stereocenters. The van der Waals surface area contributed by atoms with E-state index in [2.05, 4.69) is 198 Å². The fourth-order valence-electron chi connectivity index (χ4n) is 9.42. The molecule has 0 saturated heterocycles. The SMILES string of the molecule is CCc1ccccc1.Cc1ccc(C)c(F)c1.Cc1ccc2c(c1)C(c1ccccc1)(c1ccccc1)c1cc(C)c3ccccc3c1-2.Cc1ccc2oc3ccccc3c2c1.Cc1ccccc1. The molecule has 1 aliphatic carbocycles. The van der Waals surface area contributed by atoms with Gasteiger partial charge in [0.1, 0.15) is 17.0 Å². The van der Waals surface area contributed by atoms with Crippen LogP contribution >= 0.6 is 0 Å². The fraction of sp³-hybridized carbons (Fsp3) is 0.134. The van der Waals surface area contributed by atoms with Gasteiger partial charge in [0, 0.05) is 10.8 Å². The summed E-state index contributed by atoms with van der Waals surface area (Å²) in [5.74, 6) is -0.116. The Kier molecular flexibility index (Phi) is 15.1. The lowest BCUT2D eigenvalue weighted by Crippen LogP contribution is -2.28. The largest absolute Gasteiger partial charge is 0.456 e. The first kappa shape index (κ1) is 47.7. The van der Waals surface area contributed by atoms with Crippen molar-refractivity contribution in [3.8, 4) is 11.1 Å². The van der Waals surface area contributed by atoms with Gasteiger partial charge < -0.3 is 4.42 Å². The molecule has 10 aromatic carbocycles. The molecule has 0 N–H and O–H groups in total. The maximum absolute atomic E-state index is 12.6. The number of rotatable bonds is 3. The van der Waals surface area contributed by atoms with E-state index in [9.17, 15) is 4.39 Å². The number of aryl methyl sites for hydroxylation is 7. The summed E-state index contributed by atoms with van der Waals surface area (Å²) in [4.78, 5) is 0. The van der Waals surface area contributed by atoms with Crippen molar-refractivity contribution < 1.29 is 8.81 Å². The lowest BCUT2D eigenvalue weighted by atomic mass is 9.67. The summed E-state index contributed by atoms with van der Waals surface area (Å²) in [5.41, 5.74) is 18.1. The topological polar surface area (TPSA) is 13.1 Å². The number of benzene rings is 10. The Labute approximate surface area is 408 Å². The Morgan fingerprint density at radius 2 is 0.870 bits per heavy atom. The van der Waals surface area contributed by atoms with Crippen molar-refractivity contribution in [3.63, 3.8) is 0 Å². The molecule has 0 fully saturated rings. The molecular formula is C67H61FO. The van der Waals surface area contributed by atoms with Gasteiger partial charge in [-0.15, -0.1) is 0 Å². The van der Waals surface area contributed by atoms with Crippen LogP contribution < -0.4 is 0 Å². The third-order valence-electron chi connectivity index (χ3n) is 13.0. The second-order valence-corrected chi connectivity index (χ2v) is 18.0. The van der Waals surface area contributed by atoms with Gasteiger partial charge in [-0.2, -0.15) is 0 Å². The van der Waals surface area contributed by atoms with Crippen LogP contribution in [-0.2, 0) is 11.8 Å². The second kappa shape index (κ2) is 21.9. The number of para-hydroxylation sites is 1. The molecule has 0 unspecified atom stereocenters. The van der Waals surface area contributed by atoms with E-state index >= 15 is 0 Å². The van der Waals surface area contributed by atoms with Gasteiger partial charge in [-0.05, 0) is 139 Å². The zero-order valence-electron chi connectivity index (χ0n) is 40.9. The van der Waals surface area contributed by atoms with Crippen LogP contribution in [0.3, 0.4) is 0 Å². The predicted octanol–water partition coefficient (Wildman–Crippen LogP) is 18.4. The third-order valence-corrected chi connectivity index (χ3v) is 13.0. The minimum Gasteiger partial charge on any atom is -0.456 e. The molecule has 0 spiro atoms. The summed E-state index contributed by atoms with van der Waals surface area (Å²) in [5, 5.41) is 5.09. The van der Waals surface area contributed by atoms with Gasteiger partial charge in [0.2, 0.25) is 0 Å². The summed E-state index contributed by atoms with van der Waals surface area (Å²) in [6.45, 7) is 14.4. The van der Waals surface area contributed by atoms with Crippen LogP contribution in [-0.4, -0.2) is 0 Å². The highest BCUT2D eigenvalue weighted by Crippen LogP contribution is 2.58. The Morgan fingerprint density at radius 1 is 0.377 bits per heavy atom. The van der Waals surface area contributed by atoms with E-state index in [0.717, 1.165) is 23.2 Å². The zero-order valence-corrected chi connectivity index (χ0v) is 40.9. The second-order valence-electron chi connectivity index (χ2n) is 18.0. The number of furan rings is 1. The van der Waals surface area contributed by atoms with Crippen molar-refractivity contribution in [2.75, 3.05) is 0 Å². The van der Waals surface area contributed by atoms with E-state index in [1.807, 2.05) is 61.5 Å². The van der Waals surface area contributed by atoms with Crippen molar-refractivity contribution in [3.05, 3.63) is 298 Å². The highest BCUT2D eigenvalue weighted by Gasteiger charge is 2.46. The average molecular weight is 901 g/mol. The molecule has 0 saturated carbocycles. The Hall–Kier alpha value is -7.81. The van der Waals surface area contributed by atoms with Gasteiger partial charge in [0.05, 0.1) is 5.41 Å². The van der Waals surface area contributed by atoms with Gasteiger partial charge in [-0.25, -0.2) is 4.39 Å². The lowest BCUT2D eigenvalue weighted by molar-refractivity contribution is 0.617. The van der Waals surface area contributed by atoms with Crippen molar-refractivity contribution in [1.29, 1.82) is 0 Å². The monoisotopic (exact) mass is 900 g/mol. The van der Waals surface area contributed by atoms with Crippen LogP contribution in [0.15, 0.2) is 235 Å². The standard InChI is InChI=1S/C31H24.C13H10O.C8H9F.C8H10.C7H8/c1-21-17-18-27-28(19-21)31(23-11-5-3-6-12-23,24-13-7-4-8-14-24)29-20-22(2)25-15-9-10-16-26(25)30(27)29;1-9-6-7-13-11(8-9)10-4-2-3-5-12(10)14-13;1-6-3-4-7(2)8(9)5-6;1-2-8-6-4-3-5-7-8;1-7-5-3-2-4-6-7/h3-20H,1-2H3;2-8H,1H3;3-5H,1-2H3;3-7H,2H2,1H3;2-6H,1H3. The normalized spacial score (nSPS) is 11.7. The summed E-state index contributed by atoms with van der Waals surface area (Å²) < 4.78 is 18.3. The highest BCUT2D eigenvalue weighted by atomic mass is 19.1. The fourth-order valence-corrected chi connectivity index (χ4v) is 9.42. The zero-order chi connectivity index (χ0) is 48.3. The smallest absolute Gasteiger partial charge is 0.135 e. The molecule has 1 nitrogen and oxygen atoms in total. The van der Waals surface area contributed by atoms with Crippen LogP contribution in [0.25, 0.3) is 43.8 Å². The van der Waals surface area contributed by atoms with E-state index in [4.69, 9.17) is 4.42 Å². The van der Waals surface area contributed by atoms with Gasteiger partial charge in [0.25, 0.3) is 0 Å². The van der Waals surface area contributed by atoms with Crippen LogP contribution in [0.2, 0.25) is 0 Å². The molecule has 1 aromatic heterocycles. The summed E-state index contributed by atoms with van der Waals surface area (Å²) in [7, 11) is 0. The summed E-state index contributed by atoms with van der Waals surface area (Å²) in [6.07, 6.45) is 1.14. The van der Waals surface area contributed by atoms with E-state index in [1.165, 1.54) is 88.8 Å². The first-order chi connectivity index (χ1) is 33.6.